The standard InChI is InChI=1S/C15H12N4/c16-10-12-8-4-5-9-13(12)15(18)19-14(17)11-6-2-1-3-7-11/h1-9H,(H3,17,18,19). The van der Waals surface area contributed by atoms with Gasteiger partial charge in [0.15, 0.2) is 5.84 Å². The van der Waals surface area contributed by atoms with E-state index < -0.39 is 0 Å². The van der Waals surface area contributed by atoms with Crippen molar-refractivity contribution in [3.8, 4) is 6.07 Å². The molecule has 3 N–H and O–H groups in total. The molecular formula is C15H12N4. The van der Waals surface area contributed by atoms with E-state index >= 15 is 0 Å². The zero-order valence-corrected chi connectivity index (χ0v) is 10.2. The van der Waals surface area contributed by atoms with Crippen molar-refractivity contribution in [3.63, 3.8) is 0 Å². The van der Waals surface area contributed by atoms with Crippen molar-refractivity contribution in [2.45, 2.75) is 0 Å². The Bertz CT molecular complexity index is 666. The molecule has 2 aromatic carbocycles. The molecule has 0 radical (unpaired) electrons. The van der Waals surface area contributed by atoms with Gasteiger partial charge in [-0.1, -0.05) is 42.5 Å². The fraction of sp³-hybridized carbons (Fsp3) is 0. The van der Waals surface area contributed by atoms with Crippen molar-refractivity contribution in [1.82, 2.24) is 0 Å². The van der Waals surface area contributed by atoms with Crippen LogP contribution in [0.4, 0.5) is 0 Å². The predicted octanol–water partition coefficient (Wildman–Crippen LogP) is 2.29. The van der Waals surface area contributed by atoms with E-state index in [0.717, 1.165) is 0 Å². The van der Waals surface area contributed by atoms with E-state index in [4.69, 9.17) is 16.4 Å². The molecule has 0 aliphatic rings. The number of aliphatic imine (C=N–C) groups is 1. The van der Waals surface area contributed by atoms with Crippen molar-refractivity contribution < 1.29 is 0 Å². The predicted molar refractivity (Wildman–Crippen MR) is 75.2 cm³/mol. The smallest absolute Gasteiger partial charge is 0.154 e. The largest absolute Gasteiger partial charge is 0.383 e. The molecule has 2 rings (SSSR count). The van der Waals surface area contributed by atoms with Crippen LogP contribution in [0.3, 0.4) is 0 Å². The van der Waals surface area contributed by atoms with Gasteiger partial charge in [0.2, 0.25) is 0 Å². The van der Waals surface area contributed by atoms with E-state index in [1.807, 2.05) is 18.2 Å². The number of benzene rings is 2. The molecule has 0 aliphatic carbocycles. The minimum Gasteiger partial charge on any atom is -0.383 e. The Labute approximate surface area is 111 Å². The Morgan fingerprint density at radius 1 is 1.05 bits per heavy atom. The highest BCUT2D eigenvalue weighted by atomic mass is 14.9. The number of nitrogens with one attached hydrogen (secondary N) is 1. The molecule has 2 aromatic rings. The molecule has 0 saturated heterocycles. The fourth-order valence-corrected chi connectivity index (χ4v) is 1.65. The van der Waals surface area contributed by atoms with Gasteiger partial charge in [-0.2, -0.15) is 5.26 Å². The van der Waals surface area contributed by atoms with Crippen LogP contribution in [0.15, 0.2) is 59.6 Å². The summed E-state index contributed by atoms with van der Waals surface area (Å²) in [6.45, 7) is 0. The summed E-state index contributed by atoms with van der Waals surface area (Å²) in [5.41, 5.74) is 7.54. The highest BCUT2D eigenvalue weighted by molar-refractivity contribution is 6.10. The number of nitrogens with zero attached hydrogens (tertiary/aromatic N) is 2. The summed E-state index contributed by atoms with van der Waals surface area (Å²) in [6, 6.07) is 18.1. The monoisotopic (exact) mass is 248 g/mol. The van der Waals surface area contributed by atoms with Gasteiger partial charge in [0.25, 0.3) is 0 Å². The van der Waals surface area contributed by atoms with Gasteiger partial charge in [0.1, 0.15) is 5.84 Å². The number of nitrogens with two attached hydrogens (primary N) is 1. The molecule has 0 atom stereocenters. The summed E-state index contributed by atoms with van der Waals surface area (Å²) in [7, 11) is 0. The highest BCUT2D eigenvalue weighted by Gasteiger charge is 2.06. The molecule has 0 fully saturated rings. The van der Waals surface area contributed by atoms with Crippen molar-refractivity contribution in [1.29, 1.82) is 10.7 Å². The first-order valence-corrected chi connectivity index (χ1v) is 5.70. The number of rotatable bonds is 2. The van der Waals surface area contributed by atoms with E-state index in [1.165, 1.54) is 0 Å². The Morgan fingerprint density at radius 2 is 1.68 bits per heavy atom. The van der Waals surface area contributed by atoms with Gasteiger partial charge < -0.3 is 5.73 Å². The van der Waals surface area contributed by atoms with E-state index in [9.17, 15) is 0 Å². The van der Waals surface area contributed by atoms with Crippen LogP contribution < -0.4 is 5.73 Å². The van der Waals surface area contributed by atoms with Gasteiger partial charge in [0.05, 0.1) is 11.6 Å². The quantitative estimate of drug-likeness (QED) is 0.631. The van der Waals surface area contributed by atoms with Gasteiger partial charge in [-0.3, -0.25) is 5.41 Å². The molecule has 0 aromatic heterocycles. The Hall–Kier alpha value is -2.93. The third-order valence-electron chi connectivity index (χ3n) is 2.60. The van der Waals surface area contributed by atoms with Crippen molar-refractivity contribution in [2.75, 3.05) is 0 Å². The first kappa shape index (κ1) is 12.5. The minimum absolute atomic E-state index is 0.0749. The zero-order chi connectivity index (χ0) is 13.7. The molecule has 0 heterocycles. The SMILES string of the molecule is N#Cc1ccccc1C(N)=NC(=N)c1ccccc1. The average molecular weight is 248 g/mol. The van der Waals surface area contributed by atoms with E-state index in [2.05, 4.69) is 11.1 Å². The van der Waals surface area contributed by atoms with Crippen molar-refractivity contribution >= 4 is 11.7 Å². The minimum atomic E-state index is 0.0749. The lowest BCUT2D eigenvalue weighted by atomic mass is 10.1. The maximum absolute atomic E-state index is 9.00. The van der Waals surface area contributed by atoms with Crippen molar-refractivity contribution in [3.05, 3.63) is 71.3 Å². The zero-order valence-electron chi connectivity index (χ0n) is 10.2. The Balaban J connectivity index is 2.34. The maximum Gasteiger partial charge on any atom is 0.154 e. The Kier molecular flexibility index (Phi) is 3.70. The Morgan fingerprint density at radius 3 is 2.37 bits per heavy atom. The van der Waals surface area contributed by atoms with Crippen molar-refractivity contribution in [2.24, 2.45) is 10.7 Å². The first-order valence-electron chi connectivity index (χ1n) is 5.70. The summed E-state index contributed by atoms with van der Waals surface area (Å²) in [5.74, 6) is 0.247. The van der Waals surface area contributed by atoms with Crippen LogP contribution in [-0.4, -0.2) is 11.7 Å². The van der Waals surface area contributed by atoms with Crippen LogP contribution in [0.25, 0.3) is 0 Å². The van der Waals surface area contributed by atoms with Crippen LogP contribution in [0.5, 0.6) is 0 Å². The molecule has 0 unspecified atom stereocenters. The first-order chi connectivity index (χ1) is 9.22. The molecule has 0 spiro atoms. The molecule has 0 amide bonds. The highest BCUT2D eigenvalue weighted by Crippen LogP contribution is 2.08. The molecule has 4 nitrogen and oxygen atoms in total. The van der Waals surface area contributed by atoms with Gasteiger partial charge in [-0.05, 0) is 12.1 Å². The van der Waals surface area contributed by atoms with Crippen LogP contribution in [0.2, 0.25) is 0 Å². The lowest BCUT2D eigenvalue weighted by molar-refractivity contribution is 1.39. The van der Waals surface area contributed by atoms with Gasteiger partial charge in [-0.25, -0.2) is 4.99 Å². The lowest BCUT2D eigenvalue weighted by Gasteiger charge is -2.04. The topological polar surface area (TPSA) is 86.0 Å². The van der Waals surface area contributed by atoms with Crippen LogP contribution in [0.1, 0.15) is 16.7 Å². The van der Waals surface area contributed by atoms with Crippen LogP contribution >= 0.6 is 0 Å². The molecule has 0 bridgehead atoms. The summed E-state index contributed by atoms with van der Waals surface area (Å²) < 4.78 is 0. The molecule has 4 heteroatoms. The van der Waals surface area contributed by atoms with E-state index in [-0.39, 0.29) is 11.7 Å². The fourth-order valence-electron chi connectivity index (χ4n) is 1.65. The summed E-state index contributed by atoms with van der Waals surface area (Å²) in [6.07, 6.45) is 0. The van der Waals surface area contributed by atoms with E-state index in [1.54, 1.807) is 36.4 Å². The van der Waals surface area contributed by atoms with Gasteiger partial charge >= 0.3 is 0 Å². The number of hydrogen-bond acceptors (Lipinski definition) is 2. The summed E-state index contributed by atoms with van der Waals surface area (Å²) >= 11 is 0. The normalized spacial score (nSPS) is 10.8. The third-order valence-corrected chi connectivity index (χ3v) is 2.60. The van der Waals surface area contributed by atoms with Crippen LogP contribution in [-0.2, 0) is 0 Å². The lowest BCUT2D eigenvalue weighted by Crippen LogP contribution is -2.17. The summed E-state index contributed by atoms with van der Waals surface area (Å²) in [5, 5.41) is 16.9. The van der Waals surface area contributed by atoms with Gasteiger partial charge in [-0.15, -0.1) is 0 Å². The second-order valence-corrected chi connectivity index (χ2v) is 3.87. The van der Waals surface area contributed by atoms with Crippen LogP contribution in [0, 0.1) is 16.7 Å². The summed E-state index contributed by atoms with van der Waals surface area (Å²) in [4.78, 5) is 4.05. The second kappa shape index (κ2) is 5.61. The maximum atomic E-state index is 9.00. The molecular weight excluding hydrogens is 236 g/mol. The van der Waals surface area contributed by atoms with E-state index in [0.29, 0.717) is 16.7 Å². The number of nitriles is 1. The molecule has 0 aliphatic heterocycles. The third kappa shape index (κ3) is 2.85. The number of hydrogen-bond donors (Lipinski definition) is 2. The molecule has 19 heavy (non-hydrogen) atoms. The molecule has 0 saturated carbocycles. The average Bonchev–Trinajstić information content (AvgIpc) is 2.48. The molecule has 92 valence electrons. The second-order valence-electron chi connectivity index (χ2n) is 3.87. The van der Waals surface area contributed by atoms with Gasteiger partial charge in [0, 0.05) is 11.1 Å². The number of amidine groups is 2.